The highest BCUT2D eigenvalue weighted by molar-refractivity contribution is 6.70. The second-order valence-electron chi connectivity index (χ2n) is 7.62. The SMILES string of the molecule is CC(CCC1OCCCO1)(O[Si](C)(C)C)C(=O)/C=C/c1ccccc1. The van der Waals surface area contributed by atoms with Gasteiger partial charge in [0.25, 0.3) is 0 Å². The predicted molar refractivity (Wildman–Crippen MR) is 103 cm³/mol. The average Bonchev–Trinajstić information content (AvgIpc) is 2.58. The normalized spacial score (nSPS) is 19.0. The lowest BCUT2D eigenvalue weighted by atomic mass is 9.94. The van der Waals surface area contributed by atoms with E-state index in [1.807, 2.05) is 43.3 Å². The maximum Gasteiger partial charge on any atom is 0.186 e. The molecule has 0 spiro atoms. The van der Waals surface area contributed by atoms with Crippen LogP contribution >= 0.6 is 0 Å². The molecule has 25 heavy (non-hydrogen) atoms. The molecule has 0 saturated carbocycles. The van der Waals surface area contributed by atoms with Crippen LogP contribution in [0.2, 0.25) is 19.6 Å². The molecule has 0 aromatic heterocycles. The third-order valence-corrected chi connectivity index (χ3v) is 5.10. The fourth-order valence-electron chi connectivity index (χ4n) is 2.91. The van der Waals surface area contributed by atoms with Crippen LogP contribution in [0.5, 0.6) is 0 Å². The van der Waals surface area contributed by atoms with Gasteiger partial charge < -0.3 is 13.9 Å². The van der Waals surface area contributed by atoms with Crippen LogP contribution in [0.4, 0.5) is 0 Å². The topological polar surface area (TPSA) is 44.8 Å². The van der Waals surface area contributed by atoms with Crippen molar-refractivity contribution in [3.05, 3.63) is 42.0 Å². The number of ketones is 1. The van der Waals surface area contributed by atoms with Crippen molar-refractivity contribution in [1.82, 2.24) is 0 Å². The Morgan fingerprint density at radius 3 is 2.48 bits per heavy atom. The van der Waals surface area contributed by atoms with Gasteiger partial charge in [0, 0.05) is 6.42 Å². The molecular weight excluding hydrogens is 332 g/mol. The number of rotatable bonds is 8. The quantitative estimate of drug-likeness (QED) is 0.507. The van der Waals surface area contributed by atoms with Crippen molar-refractivity contribution < 1.29 is 18.7 Å². The van der Waals surface area contributed by atoms with Gasteiger partial charge >= 0.3 is 0 Å². The molecule has 138 valence electrons. The molecule has 2 rings (SSSR count). The summed E-state index contributed by atoms with van der Waals surface area (Å²) in [7, 11) is -1.89. The summed E-state index contributed by atoms with van der Waals surface area (Å²) in [5.74, 6) is -0.00501. The number of hydrogen-bond acceptors (Lipinski definition) is 4. The summed E-state index contributed by atoms with van der Waals surface area (Å²) in [6.45, 7) is 9.65. The summed E-state index contributed by atoms with van der Waals surface area (Å²) in [4.78, 5) is 12.9. The summed E-state index contributed by atoms with van der Waals surface area (Å²) in [5.41, 5.74) is 0.157. The van der Waals surface area contributed by atoms with Gasteiger partial charge in [-0.1, -0.05) is 36.4 Å². The largest absolute Gasteiger partial charge is 0.405 e. The summed E-state index contributed by atoms with van der Waals surface area (Å²) in [6, 6.07) is 9.83. The highest BCUT2D eigenvalue weighted by atomic mass is 28.4. The van der Waals surface area contributed by atoms with Crippen LogP contribution in [-0.4, -0.2) is 39.2 Å². The first-order chi connectivity index (χ1) is 11.8. The van der Waals surface area contributed by atoms with Crippen LogP contribution in [0.15, 0.2) is 36.4 Å². The third-order valence-electron chi connectivity index (χ3n) is 4.03. The van der Waals surface area contributed by atoms with Crippen LogP contribution < -0.4 is 0 Å². The molecule has 1 heterocycles. The highest BCUT2D eigenvalue weighted by Crippen LogP contribution is 2.27. The molecule has 5 heteroatoms. The molecule has 1 aliphatic rings. The minimum atomic E-state index is -1.89. The van der Waals surface area contributed by atoms with Crippen LogP contribution in [0, 0.1) is 0 Å². The Kier molecular flexibility index (Phi) is 7.13. The van der Waals surface area contributed by atoms with Crippen LogP contribution in [0.25, 0.3) is 6.08 Å². The van der Waals surface area contributed by atoms with Gasteiger partial charge in [-0.15, -0.1) is 0 Å². The van der Waals surface area contributed by atoms with E-state index in [0.29, 0.717) is 12.8 Å². The molecule has 0 bridgehead atoms. The van der Waals surface area contributed by atoms with Gasteiger partial charge in [-0.2, -0.15) is 0 Å². The zero-order valence-corrected chi connectivity index (χ0v) is 16.8. The summed E-state index contributed by atoms with van der Waals surface area (Å²) < 4.78 is 17.5. The molecule has 0 aliphatic carbocycles. The summed E-state index contributed by atoms with van der Waals surface area (Å²) >= 11 is 0. The minimum Gasteiger partial charge on any atom is -0.405 e. The summed E-state index contributed by atoms with van der Waals surface area (Å²) in [5, 5.41) is 0. The maximum absolute atomic E-state index is 12.9. The van der Waals surface area contributed by atoms with Gasteiger partial charge in [-0.3, -0.25) is 4.79 Å². The van der Waals surface area contributed by atoms with Crippen molar-refractivity contribution >= 4 is 20.2 Å². The molecule has 1 fully saturated rings. The van der Waals surface area contributed by atoms with Crippen molar-refractivity contribution in [2.75, 3.05) is 13.2 Å². The van der Waals surface area contributed by atoms with Gasteiger partial charge in [0.1, 0.15) is 5.60 Å². The van der Waals surface area contributed by atoms with E-state index in [1.54, 1.807) is 6.08 Å². The Morgan fingerprint density at radius 1 is 1.24 bits per heavy atom. The van der Waals surface area contributed by atoms with E-state index >= 15 is 0 Å². The van der Waals surface area contributed by atoms with Gasteiger partial charge in [0.2, 0.25) is 0 Å². The smallest absolute Gasteiger partial charge is 0.186 e. The Hall–Kier alpha value is -1.27. The van der Waals surface area contributed by atoms with Crippen molar-refractivity contribution in [3.63, 3.8) is 0 Å². The third kappa shape index (κ3) is 6.86. The standard InChI is InChI=1S/C20H30O4Si/c1-20(24-25(2,3)4,14-13-19-22-15-8-16-23-19)18(21)12-11-17-9-6-5-7-10-17/h5-7,9-12,19H,8,13-16H2,1-4H3/b12-11+. The van der Waals surface area contributed by atoms with E-state index in [1.165, 1.54) is 0 Å². The van der Waals surface area contributed by atoms with Gasteiger partial charge in [-0.25, -0.2) is 0 Å². The molecular formula is C20H30O4Si. The predicted octanol–water partition coefficient (Wildman–Crippen LogP) is 4.42. The van der Waals surface area contributed by atoms with Crippen LogP contribution in [0.3, 0.4) is 0 Å². The van der Waals surface area contributed by atoms with E-state index in [-0.39, 0.29) is 12.1 Å². The van der Waals surface area contributed by atoms with Crippen molar-refractivity contribution in [1.29, 1.82) is 0 Å². The van der Waals surface area contributed by atoms with Crippen LogP contribution in [-0.2, 0) is 18.7 Å². The molecule has 1 aromatic carbocycles. The Bertz CT molecular complexity index is 573. The minimum absolute atomic E-state index is 0.00501. The lowest BCUT2D eigenvalue weighted by Crippen LogP contribution is -2.46. The first kappa shape index (κ1) is 20.0. The summed E-state index contributed by atoms with van der Waals surface area (Å²) in [6.07, 6.45) is 5.42. The first-order valence-corrected chi connectivity index (χ1v) is 12.4. The molecule has 1 aromatic rings. The van der Waals surface area contributed by atoms with Crippen molar-refractivity contribution in [3.8, 4) is 0 Å². The number of hydrogen-bond donors (Lipinski definition) is 0. The molecule has 1 atom stereocenters. The number of carbonyl (C=O) groups is 1. The Morgan fingerprint density at radius 2 is 1.88 bits per heavy atom. The average molecular weight is 363 g/mol. The zero-order valence-electron chi connectivity index (χ0n) is 15.8. The van der Waals surface area contributed by atoms with Gasteiger partial charge in [0.05, 0.1) is 13.2 Å². The van der Waals surface area contributed by atoms with Crippen molar-refractivity contribution in [2.45, 2.75) is 57.7 Å². The number of benzene rings is 1. The van der Waals surface area contributed by atoms with Gasteiger partial charge in [-0.05, 0) is 51.0 Å². The first-order valence-electron chi connectivity index (χ1n) is 8.99. The maximum atomic E-state index is 12.9. The lowest BCUT2D eigenvalue weighted by molar-refractivity contribution is -0.185. The number of carbonyl (C=O) groups excluding carboxylic acids is 1. The molecule has 0 N–H and O–H groups in total. The monoisotopic (exact) mass is 362 g/mol. The van der Waals surface area contributed by atoms with E-state index in [9.17, 15) is 4.79 Å². The van der Waals surface area contributed by atoms with E-state index in [0.717, 1.165) is 25.2 Å². The number of ether oxygens (including phenoxy) is 2. The Balaban J connectivity index is 2.06. The van der Waals surface area contributed by atoms with Crippen molar-refractivity contribution in [2.24, 2.45) is 0 Å². The molecule has 0 amide bonds. The van der Waals surface area contributed by atoms with Gasteiger partial charge in [0.15, 0.2) is 20.4 Å². The lowest BCUT2D eigenvalue weighted by Gasteiger charge is -2.35. The second-order valence-corrected chi connectivity index (χ2v) is 12.0. The molecule has 4 nitrogen and oxygen atoms in total. The second kappa shape index (κ2) is 8.90. The van der Waals surface area contributed by atoms with E-state index in [4.69, 9.17) is 13.9 Å². The molecule has 0 radical (unpaired) electrons. The van der Waals surface area contributed by atoms with Crippen LogP contribution in [0.1, 0.15) is 31.7 Å². The Labute approximate surface area is 152 Å². The highest BCUT2D eigenvalue weighted by Gasteiger charge is 2.37. The fraction of sp³-hybridized carbons (Fsp3) is 0.550. The van der Waals surface area contributed by atoms with E-state index < -0.39 is 13.9 Å². The van der Waals surface area contributed by atoms with E-state index in [2.05, 4.69) is 19.6 Å². The molecule has 1 unspecified atom stereocenters. The zero-order chi connectivity index (χ0) is 18.3. The molecule has 1 aliphatic heterocycles. The molecule has 1 saturated heterocycles. The fourth-order valence-corrected chi connectivity index (χ4v) is 4.46.